The van der Waals surface area contributed by atoms with Crippen LogP contribution in [-0.2, 0) is 0 Å². The summed E-state index contributed by atoms with van der Waals surface area (Å²) in [6, 6.07) is 53.0. The molecule has 0 spiro atoms. The van der Waals surface area contributed by atoms with Crippen LogP contribution in [0.2, 0.25) is 0 Å². The summed E-state index contributed by atoms with van der Waals surface area (Å²) in [7, 11) is 0. The first kappa shape index (κ1) is 31.2. The molecule has 0 saturated heterocycles. The molecule has 11 rings (SSSR count). The van der Waals surface area contributed by atoms with E-state index in [4.69, 9.17) is 4.42 Å². The number of nitrogens with zero attached hydrogens (tertiary/aromatic N) is 1. The van der Waals surface area contributed by atoms with Crippen molar-refractivity contribution in [3.8, 4) is 33.4 Å². The van der Waals surface area contributed by atoms with E-state index in [1.165, 1.54) is 90.3 Å². The van der Waals surface area contributed by atoms with Crippen LogP contribution in [0.5, 0.6) is 0 Å². The molecule has 2 heteroatoms. The van der Waals surface area contributed by atoms with Crippen LogP contribution in [0.25, 0.3) is 66.1 Å². The fourth-order valence-corrected chi connectivity index (χ4v) is 9.52. The lowest BCUT2D eigenvalue weighted by atomic mass is 9.83. The predicted octanol–water partition coefficient (Wildman–Crippen LogP) is 14.5. The highest BCUT2D eigenvalue weighted by Gasteiger charge is 2.34. The summed E-state index contributed by atoms with van der Waals surface area (Å²) in [6.07, 6.45) is 13.0. The van der Waals surface area contributed by atoms with E-state index >= 15 is 0 Å². The second-order valence-electron chi connectivity index (χ2n) is 15.1. The van der Waals surface area contributed by atoms with Crippen LogP contribution in [0.1, 0.15) is 43.2 Å². The molecule has 2 atom stereocenters. The molecule has 1 aromatic heterocycles. The van der Waals surface area contributed by atoms with E-state index < -0.39 is 0 Å². The zero-order valence-corrected chi connectivity index (χ0v) is 30.3. The van der Waals surface area contributed by atoms with Gasteiger partial charge in [-0.3, -0.25) is 0 Å². The van der Waals surface area contributed by atoms with Crippen LogP contribution in [-0.4, -0.2) is 0 Å². The second kappa shape index (κ2) is 12.4. The molecule has 2 unspecified atom stereocenters. The van der Waals surface area contributed by atoms with Crippen molar-refractivity contribution in [1.29, 1.82) is 0 Å². The molecule has 0 radical (unpaired) electrons. The molecular weight excluding hydrogens is 655 g/mol. The van der Waals surface area contributed by atoms with E-state index in [0.717, 1.165) is 28.8 Å². The normalized spacial score (nSPS) is 17.3. The molecule has 7 aromatic carbocycles. The Bertz CT molecular complexity index is 2850. The molecule has 54 heavy (non-hydrogen) atoms. The molecule has 8 aromatic rings. The number of allylic oxidation sites excluding steroid dienone is 5. The van der Waals surface area contributed by atoms with Gasteiger partial charge in [-0.25, -0.2) is 0 Å². The third kappa shape index (κ3) is 4.80. The van der Waals surface area contributed by atoms with Gasteiger partial charge in [0.15, 0.2) is 0 Å². The van der Waals surface area contributed by atoms with Gasteiger partial charge in [-0.1, -0.05) is 146 Å². The lowest BCUT2D eigenvalue weighted by Crippen LogP contribution is -2.20. The fourth-order valence-electron chi connectivity index (χ4n) is 9.52. The second-order valence-corrected chi connectivity index (χ2v) is 15.1. The third-order valence-electron chi connectivity index (χ3n) is 12.1. The van der Waals surface area contributed by atoms with Crippen molar-refractivity contribution in [2.75, 3.05) is 4.90 Å². The van der Waals surface area contributed by atoms with Gasteiger partial charge in [0, 0.05) is 44.9 Å². The average Bonchev–Trinajstić information content (AvgIpc) is 3.77. The van der Waals surface area contributed by atoms with Gasteiger partial charge in [-0.15, -0.1) is 0 Å². The molecule has 3 aliphatic carbocycles. The minimum atomic E-state index is 0.192. The van der Waals surface area contributed by atoms with Gasteiger partial charge in [0.25, 0.3) is 0 Å². The smallest absolute Gasteiger partial charge is 0.144 e. The number of benzene rings is 7. The Hall–Kier alpha value is -6.38. The molecule has 0 aliphatic heterocycles. The van der Waals surface area contributed by atoms with Gasteiger partial charge in [-0.2, -0.15) is 0 Å². The van der Waals surface area contributed by atoms with Crippen molar-refractivity contribution in [2.45, 2.75) is 32.1 Å². The summed E-state index contributed by atoms with van der Waals surface area (Å²) in [5, 5.41) is 4.93. The highest BCUT2D eigenvalue weighted by atomic mass is 16.3. The summed E-state index contributed by atoms with van der Waals surface area (Å²) in [6.45, 7) is 2.38. The molecule has 0 saturated carbocycles. The minimum Gasteiger partial charge on any atom is -0.455 e. The van der Waals surface area contributed by atoms with Crippen LogP contribution in [0.3, 0.4) is 0 Å². The quantitative estimate of drug-likeness (QED) is 0.178. The van der Waals surface area contributed by atoms with E-state index in [1.807, 2.05) is 0 Å². The minimum absolute atomic E-state index is 0.192. The van der Waals surface area contributed by atoms with Crippen molar-refractivity contribution >= 4 is 44.1 Å². The average molecular weight is 694 g/mol. The molecule has 258 valence electrons. The van der Waals surface area contributed by atoms with Crippen molar-refractivity contribution in [2.24, 2.45) is 5.92 Å². The largest absolute Gasteiger partial charge is 0.455 e. The Kier molecular flexibility index (Phi) is 7.13. The van der Waals surface area contributed by atoms with Gasteiger partial charge in [0.1, 0.15) is 11.2 Å². The van der Waals surface area contributed by atoms with E-state index in [-0.39, 0.29) is 5.92 Å². The van der Waals surface area contributed by atoms with Crippen LogP contribution in [0.4, 0.5) is 11.4 Å². The highest BCUT2D eigenvalue weighted by Crippen LogP contribution is 2.55. The zero-order valence-electron chi connectivity index (χ0n) is 30.3. The van der Waals surface area contributed by atoms with Crippen LogP contribution in [0.15, 0.2) is 186 Å². The number of hydrogen-bond acceptors (Lipinski definition) is 2. The zero-order chi connectivity index (χ0) is 35.8. The van der Waals surface area contributed by atoms with E-state index in [2.05, 4.69) is 182 Å². The van der Waals surface area contributed by atoms with Gasteiger partial charge in [0.2, 0.25) is 0 Å². The SMILES string of the molecule is CC1c2cc(N(C3=CCC4CCC=CC4=C3)c3ccc(-c4ccccc4)cc3)ccc2-c2c1c1ccccc1c1c2oc2c(-c3ccccc3)cccc21. The summed E-state index contributed by atoms with van der Waals surface area (Å²) in [5.74, 6) is 0.801. The Morgan fingerprint density at radius 3 is 2.13 bits per heavy atom. The molecular formula is C52H39NO. The first-order valence-corrected chi connectivity index (χ1v) is 19.3. The Labute approximate surface area is 316 Å². The molecule has 0 N–H and O–H groups in total. The third-order valence-corrected chi connectivity index (χ3v) is 12.1. The molecule has 2 nitrogen and oxygen atoms in total. The van der Waals surface area contributed by atoms with Crippen molar-refractivity contribution in [3.63, 3.8) is 0 Å². The summed E-state index contributed by atoms with van der Waals surface area (Å²) in [5.41, 5.74) is 16.9. The van der Waals surface area contributed by atoms with Gasteiger partial charge < -0.3 is 9.32 Å². The van der Waals surface area contributed by atoms with Crippen molar-refractivity contribution in [1.82, 2.24) is 0 Å². The lowest BCUT2D eigenvalue weighted by molar-refractivity contribution is 0.562. The summed E-state index contributed by atoms with van der Waals surface area (Å²) in [4.78, 5) is 2.47. The summed E-state index contributed by atoms with van der Waals surface area (Å²) >= 11 is 0. The molecule has 0 bridgehead atoms. The molecule has 1 heterocycles. The van der Waals surface area contributed by atoms with Crippen molar-refractivity contribution < 1.29 is 4.42 Å². The predicted molar refractivity (Wildman–Crippen MR) is 226 cm³/mol. The summed E-state index contributed by atoms with van der Waals surface area (Å²) < 4.78 is 7.10. The lowest BCUT2D eigenvalue weighted by Gasteiger charge is -2.32. The molecule has 0 amide bonds. The highest BCUT2D eigenvalue weighted by molar-refractivity contribution is 6.26. The fraction of sp³-hybridized carbons (Fsp3) is 0.115. The van der Waals surface area contributed by atoms with Gasteiger partial charge in [0.05, 0.1) is 0 Å². The topological polar surface area (TPSA) is 16.4 Å². The Balaban J connectivity index is 1.10. The van der Waals surface area contributed by atoms with Crippen LogP contribution >= 0.6 is 0 Å². The van der Waals surface area contributed by atoms with Gasteiger partial charge in [-0.05, 0) is 105 Å². The first-order valence-electron chi connectivity index (χ1n) is 19.3. The number of hydrogen-bond donors (Lipinski definition) is 0. The van der Waals surface area contributed by atoms with E-state index in [0.29, 0.717) is 5.92 Å². The maximum absolute atomic E-state index is 7.10. The molecule has 0 fully saturated rings. The van der Waals surface area contributed by atoms with E-state index in [9.17, 15) is 0 Å². The monoisotopic (exact) mass is 693 g/mol. The molecule has 3 aliphatic rings. The van der Waals surface area contributed by atoms with Crippen LogP contribution < -0.4 is 4.90 Å². The van der Waals surface area contributed by atoms with Crippen LogP contribution in [0, 0.1) is 5.92 Å². The first-order chi connectivity index (χ1) is 26.7. The Morgan fingerprint density at radius 2 is 1.31 bits per heavy atom. The number of fused-ring (bicyclic) bond motifs is 11. The maximum Gasteiger partial charge on any atom is 0.144 e. The standard InChI is InChI=1S/C52H39NO/c1-33-47-32-41(53(40-28-25-35-15-8-9-18-38(35)31-40)39-26-23-36(24-27-39)34-13-4-2-5-14-34)29-30-45(47)50-48(33)43-19-10-11-20-44(43)49-46-22-12-21-42(51(46)54-52(49)50)37-16-6-3-7-17-37/h2-7,9-14,16-24,26-33,35H,8,15,25H2,1H3. The number of para-hydroxylation sites is 1. The number of anilines is 2. The number of rotatable bonds is 5. The van der Waals surface area contributed by atoms with E-state index in [1.54, 1.807) is 0 Å². The number of furan rings is 1. The Morgan fingerprint density at radius 1 is 0.611 bits per heavy atom. The maximum atomic E-state index is 7.10. The van der Waals surface area contributed by atoms with Gasteiger partial charge >= 0.3 is 0 Å². The van der Waals surface area contributed by atoms with Crippen molar-refractivity contribution in [3.05, 3.63) is 192 Å².